The third-order valence-corrected chi connectivity index (χ3v) is 3.55. The monoisotopic (exact) mass is 257 g/mol. The first kappa shape index (κ1) is 12.4. The molecule has 0 saturated heterocycles. The number of aromatic nitrogens is 3. The predicted octanol–water partition coefficient (Wildman–Crippen LogP) is 2.59. The first-order valence-corrected chi connectivity index (χ1v) is 6.77. The summed E-state index contributed by atoms with van der Waals surface area (Å²) in [5, 5.41) is 7.70. The van der Waals surface area contributed by atoms with Crippen molar-refractivity contribution in [2.24, 2.45) is 0 Å². The van der Waals surface area contributed by atoms with Crippen molar-refractivity contribution in [3.8, 4) is 11.3 Å². The molecule has 100 valence electrons. The van der Waals surface area contributed by atoms with Crippen molar-refractivity contribution in [2.75, 3.05) is 6.61 Å². The fourth-order valence-electron chi connectivity index (χ4n) is 2.76. The van der Waals surface area contributed by atoms with Gasteiger partial charge in [0, 0.05) is 34.6 Å². The topological polar surface area (TPSA) is 50.8 Å². The van der Waals surface area contributed by atoms with E-state index in [2.05, 4.69) is 34.2 Å². The molecule has 0 fully saturated rings. The number of aryl methyl sites for hydroxylation is 2. The summed E-state index contributed by atoms with van der Waals surface area (Å²) < 4.78 is 5.72. The van der Waals surface area contributed by atoms with Crippen LogP contribution in [0.5, 0.6) is 0 Å². The van der Waals surface area contributed by atoms with E-state index < -0.39 is 0 Å². The highest BCUT2D eigenvalue weighted by molar-refractivity contribution is 5.65. The zero-order chi connectivity index (χ0) is 13.4. The van der Waals surface area contributed by atoms with Crippen molar-refractivity contribution in [2.45, 2.75) is 39.7 Å². The van der Waals surface area contributed by atoms with Gasteiger partial charge < -0.3 is 4.74 Å². The van der Waals surface area contributed by atoms with Crippen molar-refractivity contribution >= 4 is 0 Å². The molecular formula is C15H19N3O. The number of hydrogen-bond acceptors (Lipinski definition) is 3. The van der Waals surface area contributed by atoms with Crippen LogP contribution in [0.1, 0.15) is 29.6 Å². The van der Waals surface area contributed by atoms with Crippen molar-refractivity contribution in [3.63, 3.8) is 0 Å². The van der Waals surface area contributed by atoms with Gasteiger partial charge in [0.15, 0.2) is 0 Å². The molecule has 4 nitrogen and oxygen atoms in total. The Morgan fingerprint density at radius 1 is 1.26 bits per heavy atom. The van der Waals surface area contributed by atoms with Gasteiger partial charge in [0.2, 0.25) is 0 Å². The van der Waals surface area contributed by atoms with E-state index >= 15 is 0 Å². The summed E-state index contributed by atoms with van der Waals surface area (Å²) in [5.41, 5.74) is 6.79. The summed E-state index contributed by atoms with van der Waals surface area (Å²) in [5.74, 6) is 0. The second kappa shape index (κ2) is 4.78. The summed E-state index contributed by atoms with van der Waals surface area (Å²) in [6.45, 7) is 6.92. The van der Waals surface area contributed by atoms with Crippen LogP contribution in [0.2, 0.25) is 0 Å². The molecule has 0 aliphatic carbocycles. The Bertz CT molecular complexity index is 583. The zero-order valence-corrected chi connectivity index (χ0v) is 11.7. The molecule has 1 N–H and O–H groups in total. The summed E-state index contributed by atoms with van der Waals surface area (Å²) in [6, 6.07) is 4.19. The quantitative estimate of drug-likeness (QED) is 0.854. The van der Waals surface area contributed by atoms with Crippen molar-refractivity contribution < 1.29 is 4.74 Å². The third-order valence-electron chi connectivity index (χ3n) is 3.55. The standard InChI is InChI=1S/C15H19N3O/c1-9-6-12(7-10(2)16-9)15-13-4-5-19-11(3)8-14(13)17-18-15/h6-7,11H,4-5,8H2,1-3H3,(H,17,18)/t11-/m1/s1. The first-order chi connectivity index (χ1) is 9.13. The van der Waals surface area contributed by atoms with Gasteiger partial charge in [-0.25, -0.2) is 0 Å². The summed E-state index contributed by atoms with van der Waals surface area (Å²) in [6.07, 6.45) is 2.09. The van der Waals surface area contributed by atoms with Gasteiger partial charge in [-0.05, 0) is 39.3 Å². The minimum atomic E-state index is 0.260. The Balaban J connectivity index is 2.06. The van der Waals surface area contributed by atoms with Crippen LogP contribution in [-0.2, 0) is 17.6 Å². The highest BCUT2D eigenvalue weighted by Crippen LogP contribution is 2.28. The van der Waals surface area contributed by atoms with Gasteiger partial charge in [-0.15, -0.1) is 0 Å². The molecule has 0 radical (unpaired) electrons. The van der Waals surface area contributed by atoms with Crippen molar-refractivity contribution in [1.82, 2.24) is 15.2 Å². The average molecular weight is 257 g/mol. The fraction of sp³-hybridized carbons (Fsp3) is 0.467. The Hall–Kier alpha value is -1.68. The number of nitrogens with zero attached hydrogens (tertiary/aromatic N) is 2. The lowest BCUT2D eigenvalue weighted by molar-refractivity contribution is 0.0737. The Kier molecular flexibility index (Phi) is 3.11. The van der Waals surface area contributed by atoms with Crippen LogP contribution in [0.25, 0.3) is 11.3 Å². The number of hydrogen-bond donors (Lipinski definition) is 1. The molecule has 0 spiro atoms. The molecule has 2 aromatic rings. The maximum atomic E-state index is 5.72. The van der Waals surface area contributed by atoms with Crippen molar-refractivity contribution in [1.29, 1.82) is 0 Å². The molecule has 3 rings (SSSR count). The molecular weight excluding hydrogens is 238 g/mol. The van der Waals surface area contributed by atoms with E-state index in [-0.39, 0.29) is 6.10 Å². The molecule has 0 unspecified atom stereocenters. The first-order valence-electron chi connectivity index (χ1n) is 6.77. The Morgan fingerprint density at radius 3 is 2.74 bits per heavy atom. The van der Waals surface area contributed by atoms with Crippen LogP contribution in [0, 0.1) is 13.8 Å². The molecule has 0 saturated carbocycles. The van der Waals surface area contributed by atoms with Gasteiger partial charge in [0.25, 0.3) is 0 Å². The number of fused-ring (bicyclic) bond motifs is 1. The molecule has 2 aromatic heterocycles. The normalized spacial score (nSPS) is 19.0. The van der Waals surface area contributed by atoms with E-state index in [4.69, 9.17) is 4.74 Å². The highest BCUT2D eigenvalue weighted by atomic mass is 16.5. The maximum absolute atomic E-state index is 5.72. The minimum Gasteiger partial charge on any atom is -0.378 e. The molecule has 0 amide bonds. The van der Waals surface area contributed by atoms with Crippen LogP contribution in [0.3, 0.4) is 0 Å². The number of aromatic amines is 1. The average Bonchev–Trinajstić information content (AvgIpc) is 2.62. The second-order valence-electron chi connectivity index (χ2n) is 5.30. The van der Waals surface area contributed by atoms with E-state index in [1.807, 2.05) is 13.8 Å². The number of pyridine rings is 1. The fourth-order valence-corrected chi connectivity index (χ4v) is 2.76. The van der Waals surface area contributed by atoms with Gasteiger partial charge in [-0.2, -0.15) is 5.10 Å². The van der Waals surface area contributed by atoms with Gasteiger partial charge >= 0.3 is 0 Å². The zero-order valence-electron chi connectivity index (χ0n) is 11.7. The Labute approximate surface area is 113 Å². The SMILES string of the molecule is Cc1cc(-c2n[nH]c3c2CCO[C@H](C)C3)cc(C)n1. The van der Waals surface area contributed by atoms with E-state index in [0.717, 1.165) is 42.1 Å². The van der Waals surface area contributed by atoms with Gasteiger partial charge in [0.1, 0.15) is 0 Å². The molecule has 19 heavy (non-hydrogen) atoms. The van der Waals surface area contributed by atoms with Crippen LogP contribution in [0.4, 0.5) is 0 Å². The van der Waals surface area contributed by atoms with Crippen molar-refractivity contribution in [3.05, 3.63) is 34.8 Å². The lowest BCUT2D eigenvalue weighted by atomic mass is 10.0. The maximum Gasteiger partial charge on any atom is 0.0957 e. The van der Waals surface area contributed by atoms with E-state index in [1.54, 1.807) is 0 Å². The lowest BCUT2D eigenvalue weighted by Gasteiger charge is -2.06. The van der Waals surface area contributed by atoms with Gasteiger partial charge in [-0.3, -0.25) is 10.1 Å². The lowest BCUT2D eigenvalue weighted by Crippen LogP contribution is -2.10. The minimum absolute atomic E-state index is 0.260. The summed E-state index contributed by atoms with van der Waals surface area (Å²) in [4.78, 5) is 4.42. The molecule has 1 aliphatic heterocycles. The number of rotatable bonds is 1. The Morgan fingerprint density at radius 2 is 2.00 bits per heavy atom. The smallest absolute Gasteiger partial charge is 0.0957 e. The number of nitrogens with one attached hydrogen (secondary N) is 1. The van der Waals surface area contributed by atoms with Crippen LogP contribution >= 0.6 is 0 Å². The number of ether oxygens (including phenoxy) is 1. The number of H-pyrrole nitrogens is 1. The molecule has 0 aromatic carbocycles. The van der Waals surface area contributed by atoms with Gasteiger partial charge in [0.05, 0.1) is 18.4 Å². The predicted molar refractivity (Wildman–Crippen MR) is 74.1 cm³/mol. The molecule has 3 heterocycles. The van der Waals surface area contributed by atoms with Gasteiger partial charge in [-0.1, -0.05) is 0 Å². The van der Waals surface area contributed by atoms with E-state index in [9.17, 15) is 0 Å². The third kappa shape index (κ3) is 2.40. The second-order valence-corrected chi connectivity index (χ2v) is 5.30. The largest absolute Gasteiger partial charge is 0.378 e. The van der Waals surface area contributed by atoms with E-state index in [0.29, 0.717) is 0 Å². The molecule has 0 bridgehead atoms. The highest BCUT2D eigenvalue weighted by Gasteiger charge is 2.20. The summed E-state index contributed by atoms with van der Waals surface area (Å²) >= 11 is 0. The van der Waals surface area contributed by atoms with Crippen LogP contribution in [0.15, 0.2) is 12.1 Å². The molecule has 1 atom stereocenters. The molecule has 4 heteroatoms. The molecule has 1 aliphatic rings. The van der Waals surface area contributed by atoms with Crippen LogP contribution in [-0.4, -0.2) is 27.9 Å². The summed E-state index contributed by atoms with van der Waals surface area (Å²) in [7, 11) is 0. The van der Waals surface area contributed by atoms with Crippen LogP contribution < -0.4 is 0 Å². The van der Waals surface area contributed by atoms with E-state index in [1.165, 1.54) is 11.3 Å².